The highest BCUT2D eigenvalue weighted by Crippen LogP contribution is 2.59. The van der Waals surface area contributed by atoms with Crippen LogP contribution in [0.4, 0.5) is 0 Å². The third-order valence-corrected chi connectivity index (χ3v) is 11.1. The van der Waals surface area contributed by atoms with Crippen molar-refractivity contribution < 1.29 is 4.74 Å². The molecule has 1 nitrogen and oxygen atoms in total. The van der Waals surface area contributed by atoms with Gasteiger partial charge in [-0.15, -0.1) is 0 Å². The van der Waals surface area contributed by atoms with E-state index in [0.717, 1.165) is 17.1 Å². The topological polar surface area (TPSA) is 9.23 Å². The monoisotopic (exact) mass is 438 g/mol. The van der Waals surface area contributed by atoms with E-state index in [2.05, 4.69) is 60.4 Å². The molecule has 3 heteroatoms. The van der Waals surface area contributed by atoms with Crippen LogP contribution in [-0.2, 0) is 0 Å². The maximum absolute atomic E-state index is 5.36. The van der Waals surface area contributed by atoms with Gasteiger partial charge in [0.25, 0.3) is 0 Å². The van der Waals surface area contributed by atoms with Gasteiger partial charge in [-0.2, -0.15) is 0 Å². The van der Waals surface area contributed by atoms with Crippen LogP contribution in [0.2, 0.25) is 0 Å². The van der Waals surface area contributed by atoms with E-state index in [1.165, 1.54) is 79.6 Å². The lowest BCUT2D eigenvalue weighted by Gasteiger charge is -2.37. The van der Waals surface area contributed by atoms with Crippen molar-refractivity contribution in [3.05, 3.63) is 66.0 Å². The van der Waals surface area contributed by atoms with Crippen molar-refractivity contribution in [2.24, 2.45) is 0 Å². The zero-order valence-electron chi connectivity index (χ0n) is 18.3. The Morgan fingerprint density at radius 1 is 0.800 bits per heavy atom. The van der Waals surface area contributed by atoms with Crippen molar-refractivity contribution >= 4 is 24.6 Å². The van der Waals surface area contributed by atoms with Crippen LogP contribution in [0.1, 0.15) is 69.8 Å². The zero-order chi connectivity index (χ0) is 20.6. The van der Waals surface area contributed by atoms with Crippen molar-refractivity contribution in [3.8, 4) is 5.75 Å². The summed E-state index contributed by atoms with van der Waals surface area (Å²) in [6.45, 7) is 0. The lowest BCUT2D eigenvalue weighted by Crippen LogP contribution is -2.19. The summed E-state index contributed by atoms with van der Waals surface area (Å²) in [5, 5.41) is 0. The Morgan fingerprint density at radius 2 is 1.37 bits per heavy atom. The zero-order valence-corrected chi connectivity index (χ0v) is 20.0. The Kier molecular flexibility index (Phi) is 8.35. The molecular weight excluding hydrogens is 403 g/mol. The molecule has 2 aromatic rings. The van der Waals surface area contributed by atoms with Crippen LogP contribution in [0.25, 0.3) is 4.91 Å². The van der Waals surface area contributed by atoms with Crippen LogP contribution in [-0.4, -0.2) is 18.4 Å². The molecule has 30 heavy (non-hydrogen) atoms. The maximum Gasteiger partial charge on any atom is 0.118 e. The Bertz CT molecular complexity index is 771. The first-order valence-electron chi connectivity index (χ1n) is 11.7. The van der Waals surface area contributed by atoms with Crippen molar-refractivity contribution in [2.45, 2.75) is 80.4 Å². The Labute approximate surface area is 188 Å². The van der Waals surface area contributed by atoms with Crippen LogP contribution in [0.15, 0.2) is 65.3 Å². The third-order valence-electron chi connectivity index (χ3n) is 6.60. The molecule has 2 aliphatic rings. The average molecular weight is 439 g/mol. The van der Waals surface area contributed by atoms with E-state index in [9.17, 15) is 0 Å². The standard InChI is InChI=1S/C27H35OPS/c1-28-23-17-19-26(20-18-23)30-27(22-11-5-2-6-12-22)21-29(24-13-7-3-8-14-24)25-15-9-4-10-16-25/h2,5-6,11-12,17-21,24-25H,3-4,7-10,13-16H2,1H3/b27-21-. The van der Waals surface area contributed by atoms with Crippen LogP contribution < -0.4 is 4.74 Å². The maximum atomic E-state index is 5.36. The highest BCUT2D eigenvalue weighted by atomic mass is 32.2. The van der Waals surface area contributed by atoms with E-state index < -0.39 is 0 Å². The minimum atomic E-state index is -0.0730. The van der Waals surface area contributed by atoms with E-state index in [4.69, 9.17) is 4.74 Å². The fourth-order valence-corrected chi connectivity index (χ4v) is 9.65. The number of rotatable bonds is 7. The van der Waals surface area contributed by atoms with Crippen molar-refractivity contribution in [2.75, 3.05) is 7.11 Å². The number of hydrogen-bond acceptors (Lipinski definition) is 2. The van der Waals surface area contributed by atoms with Gasteiger partial charge in [-0.3, -0.25) is 0 Å². The summed E-state index contributed by atoms with van der Waals surface area (Å²) in [6.07, 6.45) is 14.5. The van der Waals surface area contributed by atoms with Crippen LogP contribution in [0, 0.1) is 0 Å². The summed E-state index contributed by atoms with van der Waals surface area (Å²) in [7, 11) is 1.66. The van der Waals surface area contributed by atoms with Gasteiger partial charge < -0.3 is 4.74 Å². The molecule has 160 valence electrons. The van der Waals surface area contributed by atoms with Crippen LogP contribution >= 0.6 is 19.7 Å². The SMILES string of the molecule is COc1ccc(S/C(=C\P(C2CCCCC2)C2CCCCC2)c2ccccc2)cc1. The molecule has 2 fully saturated rings. The van der Waals surface area contributed by atoms with E-state index in [1.807, 2.05) is 11.8 Å². The number of thioether (sulfide) groups is 1. The van der Waals surface area contributed by atoms with Gasteiger partial charge in [0.15, 0.2) is 0 Å². The number of hydrogen-bond donors (Lipinski definition) is 0. The van der Waals surface area contributed by atoms with Gasteiger partial charge in [-0.25, -0.2) is 0 Å². The van der Waals surface area contributed by atoms with Crippen LogP contribution in [0.3, 0.4) is 0 Å². The Balaban J connectivity index is 1.65. The number of ether oxygens (including phenoxy) is 1. The summed E-state index contributed by atoms with van der Waals surface area (Å²) in [6, 6.07) is 19.6. The van der Waals surface area contributed by atoms with Crippen LogP contribution in [0.5, 0.6) is 5.75 Å². The van der Waals surface area contributed by atoms with E-state index in [1.54, 1.807) is 7.11 Å². The molecule has 0 aromatic heterocycles. The third kappa shape index (κ3) is 5.92. The molecule has 0 atom stereocenters. The van der Waals surface area contributed by atoms with Crippen molar-refractivity contribution in [3.63, 3.8) is 0 Å². The summed E-state index contributed by atoms with van der Waals surface area (Å²) in [5.41, 5.74) is 3.25. The quantitative estimate of drug-likeness (QED) is 0.315. The summed E-state index contributed by atoms with van der Waals surface area (Å²) in [5.74, 6) is 3.68. The molecule has 0 bridgehead atoms. The first kappa shape index (κ1) is 22.0. The number of methoxy groups -OCH3 is 1. The largest absolute Gasteiger partial charge is 0.497 e. The lowest BCUT2D eigenvalue weighted by molar-refractivity contribution is 0.414. The molecule has 0 aliphatic heterocycles. The van der Waals surface area contributed by atoms with Gasteiger partial charge in [0.05, 0.1) is 7.11 Å². The fraction of sp³-hybridized carbons (Fsp3) is 0.481. The van der Waals surface area contributed by atoms with E-state index >= 15 is 0 Å². The van der Waals surface area contributed by atoms with Gasteiger partial charge >= 0.3 is 0 Å². The second-order valence-corrected chi connectivity index (χ2v) is 12.4. The van der Waals surface area contributed by atoms with Gasteiger partial charge in [0.1, 0.15) is 5.75 Å². The minimum absolute atomic E-state index is 0.0730. The molecule has 0 saturated heterocycles. The lowest BCUT2D eigenvalue weighted by atomic mass is 9.99. The number of benzene rings is 2. The summed E-state index contributed by atoms with van der Waals surface area (Å²) >= 11 is 1.94. The molecule has 4 rings (SSSR count). The predicted octanol–water partition coefficient (Wildman–Crippen LogP) is 8.93. The Morgan fingerprint density at radius 3 is 1.90 bits per heavy atom. The van der Waals surface area contributed by atoms with Crippen molar-refractivity contribution in [1.82, 2.24) is 0 Å². The second kappa shape index (κ2) is 11.4. The smallest absolute Gasteiger partial charge is 0.118 e. The highest BCUT2D eigenvalue weighted by Gasteiger charge is 2.30. The molecule has 0 N–H and O–H groups in total. The molecular formula is C27H35OPS. The van der Waals surface area contributed by atoms with Gasteiger partial charge in [-0.1, -0.05) is 88.5 Å². The first-order chi connectivity index (χ1) is 14.8. The molecule has 0 heterocycles. The summed E-state index contributed by atoms with van der Waals surface area (Å²) < 4.78 is 5.36. The molecule has 2 aromatic carbocycles. The average Bonchev–Trinajstić information content (AvgIpc) is 2.84. The molecule has 0 radical (unpaired) electrons. The molecule has 2 saturated carbocycles. The first-order valence-corrected chi connectivity index (χ1v) is 14.1. The van der Waals surface area contributed by atoms with Crippen molar-refractivity contribution in [1.29, 1.82) is 0 Å². The predicted molar refractivity (Wildman–Crippen MR) is 134 cm³/mol. The normalized spacial score (nSPS) is 19.2. The Hall–Kier alpha value is -1.24. The van der Waals surface area contributed by atoms with Gasteiger partial charge in [0.2, 0.25) is 0 Å². The minimum Gasteiger partial charge on any atom is -0.497 e. The second-order valence-electron chi connectivity index (χ2n) is 8.67. The molecule has 0 unspecified atom stereocenters. The van der Waals surface area contributed by atoms with Gasteiger partial charge in [-0.05, 0) is 72.6 Å². The van der Waals surface area contributed by atoms with Gasteiger partial charge in [0, 0.05) is 9.80 Å². The fourth-order valence-electron chi connectivity index (χ4n) is 4.94. The molecule has 0 spiro atoms. The highest BCUT2D eigenvalue weighted by molar-refractivity contribution is 8.08. The summed E-state index contributed by atoms with van der Waals surface area (Å²) in [4.78, 5) is 2.76. The van der Waals surface area contributed by atoms with E-state index in [-0.39, 0.29) is 7.92 Å². The molecule has 2 aliphatic carbocycles. The molecule has 0 amide bonds. The van der Waals surface area contributed by atoms with E-state index in [0.29, 0.717) is 0 Å².